The normalized spacial score (nSPS) is 16.2. The summed E-state index contributed by atoms with van der Waals surface area (Å²) < 4.78 is 14.2. The smallest absolute Gasteiger partial charge is 0.410 e. The van der Waals surface area contributed by atoms with E-state index in [1.165, 1.54) is 22.0 Å². The fraction of sp³-hybridized carbons (Fsp3) is 0.242. The molecule has 1 amide bonds. The number of carbonyl (C=O) groups excluding carboxylic acids is 1. The van der Waals surface area contributed by atoms with Crippen LogP contribution in [0.4, 0.5) is 4.79 Å². The van der Waals surface area contributed by atoms with E-state index in [0.29, 0.717) is 26.3 Å². The lowest BCUT2D eigenvalue weighted by Crippen LogP contribution is -2.38. The number of para-hydroxylation sites is 1. The Bertz CT molecular complexity index is 1450. The molecule has 1 aromatic heterocycles. The van der Waals surface area contributed by atoms with E-state index in [-0.39, 0.29) is 12.7 Å². The Morgan fingerprint density at radius 2 is 1.55 bits per heavy atom. The van der Waals surface area contributed by atoms with Crippen LogP contribution in [0.3, 0.4) is 0 Å². The molecule has 0 spiro atoms. The second kappa shape index (κ2) is 12.0. The molecule has 5 nitrogen and oxygen atoms in total. The van der Waals surface area contributed by atoms with Crippen molar-refractivity contribution < 1.29 is 14.3 Å². The number of piperidine rings is 1. The average molecular weight is 507 g/mol. The van der Waals surface area contributed by atoms with Gasteiger partial charge in [0.1, 0.15) is 6.61 Å². The molecule has 1 aliphatic heterocycles. The SMILES string of the molecule is C/C=C1/CN(C(=O)OCc2ccccc2)CC/C1=C(/COCc1ccccc1)c1cc2ccccc2n1C. The predicted octanol–water partition coefficient (Wildman–Crippen LogP) is 7.14. The van der Waals surface area contributed by atoms with Crippen molar-refractivity contribution in [1.82, 2.24) is 9.47 Å². The van der Waals surface area contributed by atoms with Gasteiger partial charge in [0.2, 0.25) is 0 Å². The van der Waals surface area contributed by atoms with Gasteiger partial charge in [0.25, 0.3) is 0 Å². The molecule has 194 valence electrons. The number of nitrogens with zero attached hydrogens (tertiary/aromatic N) is 2. The van der Waals surface area contributed by atoms with Crippen LogP contribution in [0, 0.1) is 0 Å². The van der Waals surface area contributed by atoms with Crippen molar-refractivity contribution >= 4 is 22.6 Å². The first-order valence-corrected chi connectivity index (χ1v) is 13.1. The number of benzene rings is 3. The maximum Gasteiger partial charge on any atom is 0.410 e. The summed E-state index contributed by atoms with van der Waals surface area (Å²) in [6.07, 6.45) is 2.58. The fourth-order valence-electron chi connectivity index (χ4n) is 5.10. The highest BCUT2D eigenvalue weighted by Gasteiger charge is 2.27. The minimum Gasteiger partial charge on any atom is -0.445 e. The summed E-state index contributed by atoms with van der Waals surface area (Å²) in [4.78, 5) is 14.7. The Balaban J connectivity index is 1.39. The van der Waals surface area contributed by atoms with E-state index >= 15 is 0 Å². The molecule has 0 N–H and O–H groups in total. The number of aromatic nitrogens is 1. The predicted molar refractivity (Wildman–Crippen MR) is 153 cm³/mol. The maximum absolute atomic E-state index is 12.9. The number of allylic oxidation sites excluding steroid dienone is 1. The number of ether oxygens (including phenoxy) is 2. The topological polar surface area (TPSA) is 43.7 Å². The standard InChI is InChI=1S/C33H34N2O3/c1-3-27-21-35(33(36)38-23-26-14-8-5-9-15-26)19-18-29(27)30(24-37-22-25-12-6-4-7-13-25)32-20-28-16-10-11-17-31(28)34(32)2/h3-17,20H,18-19,21-24H2,1-2H3/b27-3-,30-29+. The Kier molecular flexibility index (Phi) is 8.05. The molecule has 2 heterocycles. The Labute approximate surface area is 224 Å². The van der Waals surface area contributed by atoms with Gasteiger partial charge in [0.05, 0.1) is 13.2 Å². The third-order valence-corrected chi connectivity index (χ3v) is 7.18. The molecule has 5 rings (SSSR count). The number of fused-ring (bicyclic) bond motifs is 1. The van der Waals surface area contributed by atoms with Crippen molar-refractivity contribution in [2.75, 3.05) is 19.7 Å². The summed E-state index contributed by atoms with van der Waals surface area (Å²) in [6.45, 7) is 4.48. The van der Waals surface area contributed by atoms with Crippen LogP contribution in [0.1, 0.15) is 30.2 Å². The molecule has 0 radical (unpaired) electrons. The average Bonchev–Trinajstić information content (AvgIpc) is 3.31. The van der Waals surface area contributed by atoms with Crippen molar-refractivity contribution in [2.45, 2.75) is 26.6 Å². The molecule has 0 unspecified atom stereocenters. The lowest BCUT2D eigenvalue weighted by molar-refractivity contribution is 0.0976. The van der Waals surface area contributed by atoms with Crippen molar-refractivity contribution in [3.05, 3.63) is 125 Å². The van der Waals surface area contributed by atoms with Gasteiger partial charge in [-0.25, -0.2) is 4.79 Å². The highest BCUT2D eigenvalue weighted by Crippen LogP contribution is 2.34. The Morgan fingerprint density at radius 3 is 2.24 bits per heavy atom. The summed E-state index contributed by atoms with van der Waals surface area (Å²) >= 11 is 0. The van der Waals surface area contributed by atoms with E-state index in [1.54, 1.807) is 4.90 Å². The van der Waals surface area contributed by atoms with Gasteiger partial charge < -0.3 is 18.9 Å². The molecule has 1 aliphatic rings. The first kappa shape index (κ1) is 25.6. The number of rotatable bonds is 7. The minimum atomic E-state index is -0.279. The molecule has 3 aromatic carbocycles. The summed E-state index contributed by atoms with van der Waals surface area (Å²) in [5, 5.41) is 1.20. The second-order valence-corrected chi connectivity index (χ2v) is 9.61. The molecule has 38 heavy (non-hydrogen) atoms. The van der Waals surface area contributed by atoms with Gasteiger partial charge >= 0.3 is 6.09 Å². The number of hydrogen-bond donors (Lipinski definition) is 0. The molecule has 1 fully saturated rings. The number of likely N-dealkylation sites (tertiary alicyclic amines) is 1. The molecule has 0 aliphatic carbocycles. The molecule has 0 atom stereocenters. The first-order chi connectivity index (χ1) is 18.6. The third-order valence-electron chi connectivity index (χ3n) is 7.18. The summed E-state index contributed by atoms with van der Waals surface area (Å²) in [7, 11) is 2.11. The van der Waals surface area contributed by atoms with Crippen LogP contribution in [-0.4, -0.2) is 35.3 Å². The second-order valence-electron chi connectivity index (χ2n) is 9.61. The van der Waals surface area contributed by atoms with Gasteiger partial charge in [-0.15, -0.1) is 0 Å². The van der Waals surface area contributed by atoms with Crippen LogP contribution in [0.5, 0.6) is 0 Å². The lowest BCUT2D eigenvalue weighted by Gasteiger charge is -2.31. The largest absolute Gasteiger partial charge is 0.445 e. The first-order valence-electron chi connectivity index (χ1n) is 13.1. The van der Waals surface area contributed by atoms with Gasteiger partial charge in [-0.05, 0) is 47.8 Å². The van der Waals surface area contributed by atoms with Crippen LogP contribution < -0.4 is 0 Å². The van der Waals surface area contributed by atoms with Gasteiger partial charge in [-0.2, -0.15) is 0 Å². The van der Waals surface area contributed by atoms with E-state index in [2.05, 4.69) is 60.2 Å². The maximum atomic E-state index is 12.9. The Morgan fingerprint density at radius 1 is 0.895 bits per heavy atom. The van der Waals surface area contributed by atoms with Crippen molar-refractivity contribution in [3.63, 3.8) is 0 Å². The minimum absolute atomic E-state index is 0.276. The van der Waals surface area contributed by atoms with E-state index in [9.17, 15) is 4.79 Å². The van der Waals surface area contributed by atoms with Gasteiger partial charge in [0.15, 0.2) is 0 Å². The van der Waals surface area contributed by atoms with Crippen molar-refractivity contribution in [2.24, 2.45) is 7.05 Å². The molecule has 4 aromatic rings. The number of amides is 1. The van der Waals surface area contributed by atoms with Crippen LogP contribution >= 0.6 is 0 Å². The highest BCUT2D eigenvalue weighted by molar-refractivity contribution is 5.87. The van der Waals surface area contributed by atoms with Gasteiger partial charge in [-0.3, -0.25) is 0 Å². The van der Waals surface area contributed by atoms with E-state index in [0.717, 1.165) is 28.8 Å². The molecule has 1 saturated heterocycles. The van der Waals surface area contributed by atoms with Gasteiger partial charge in [-0.1, -0.05) is 84.9 Å². The monoisotopic (exact) mass is 506 g/mol. The summed E-state index contributed by atoms with van der Waals surface area (Å²) in [6, 6.07) is 30.7. The quantitative estimate of drug-likeness (QED) is 0.268. The number of hydrogen-bond acceptors (Lipinski definition) is 3. The molecule has 0 bridgehead atoms. The molecule has 0 saturated carbocycles. The number of carbonyl (C=O) groups is 1. The number of aryl methyl sites for hydroxylation is 1. The summed E-state index contributed by atoms with van der Waals surface area (Å²) in [5.74, 6) is 0. The highest BCUT2D eigenvalue weighted by atomic mass is 16.6. The van der Waals surface area contributed by atoms with E-state index < -0.39 is 0 Å². The molecule has 5 heteroatoms. The summed E-state index contributed by atoms with van der Waals surface area (Å²) in [5.41, 5.74) is 8.02. The molecular weight excluding hydrogens is 472 g/mol. The van der Waals surface area contributed by atoms with E-state index in [4.69, 9.17) is 9.47 Å². The van der Waals surface area contributed by atoms with Gasteiger partial charge in [0, 0.05) is 42.3 Å². The van der Waals surface area contributed by atoms with Crippen LogP contribution in [0.2, 0.25) is 0 Å². The van der Waals surface area contributed by atoms with Crippen molar-refractivity contribution in [3.8, 4) is 0 Å². The van der Waals surface area contributed by atoms with Crippen molar-refractivity contribution in [1.29, 1.82) is 0 Å². The molecular formula is C33H34N2O3. The van der Waals surface area contributed by atoms with Crippen LogP contribution in [-0.2, 0) is 29.7 Å². The fourth-order valence-corrected chi connectivity index (χ4v) is 5.10. The Hall–Kier alpha value is -4.09. The third kappa shape index (κ3) is 5.74. The van der Waals surface area contributed by atoms with E-state index in [1.807, 2.05) is 55.5 Å². The zero-order valence-electron chi connectivity index (χ0n) is 22.1. The van der Waals surface area contributed by atoms with Crippen LogP contribution in [0.25, 0.3) is 16.5 Å². The lowest BCUT2D eigenvalue weighted by atomic mass is 9.91. The zero-order valence-corrected chi connectivity index (χ0v) is 22.1. The zero-order chi connectivity index (χ0) is 26.3. The van der Waals surface area contributed by atoms with Crippen LogP contribution in [0.15, 0.2) is 108 Å².